The van der Waals surface area contributed by atoms with E-state index in [9.17, 15) is 9.81 Å². The van der Waals surface area contributed by atoms with Gasteiger partial charge in [0.2, 0.25) is 5.66 Å². The zero-order valence-corrected chi connectivity index (χ0v) is 5.91. The van der Waals surface area contributed by atoms with Gasteiger partial charge < -0.3 is 0 Å². The molecular formula is C6H10N2O2. The van der Waals surface area contributed by atoms with Gasteiger partial charge in [-0.1, -0.05) is 13.3 Å². The highest BCUT2D eigenvalue weighted by Gasteiger charge is 2.47. The Morgan fingerprint density at radius 3 is 2.20 bits per heavy atom. The lowest BCUT2D eigenvalue weighted by Crippen LogP contribution is -2.39. The van der Waals surface area contributed by atoms with Crippen molar-refractivity contribution in [1.29, 1.82) is 0 Å². The van der Waals surface area contributed by atoms with Crippen molar-refractivity contribution in [2.75, 3.05) is 0 Å². The van der Waals surface area contributed by atoms with Crippen LogP contribution in [0.4, 0.5) is 0 Å². The number of hydrogen-bond donors (Lipinski definition) is 0. The molecule has 1 saturated carbocycles. The first-order valence-electron chi connectivity index (χ1n) is 3.45. The minimum absolute atomic E-state index is 0.482. The highest BCUT2D eigenvalue weighted by Crippen LogP contribution is 2.43. The number of nitrogens with zero attached hydrogens (tertiary/aromatic N) is 2. The SMILES string of the molecule is CCC1CC(N=O)(N=O)C1. The first-order chi connectivity index (χ1) is 4.76. The number of rotatable bonds is 3. The molecule has 1 aliphatic rings. The van der Waals surface area contributed by atoms with Crippen LogP contribution in [0.5, 0.6) is 0 Å². The second-order valence-corrected chi connectivity index (χ2v) is 2.85. The van der Waals surface area contributed by atoms with Gasteiger partial charge in [-0.3, -0.25) is 0 Å². The molecule has 0 spiro atoms. The molecule has 4 nitrogen and oxygen atoms in total. The molecule has 0 aromatic carbocycles. The van der Waals surface area contributed by atoms with E-state index in [0.717, 1.165) is 6.42 Å². The van der Waals surface area contributed by atoms with E-state index in [4.69, 9.17) is 0 Å². The average molecular weight is 142 g/mol. The Hall–Kier alpha value is -0.800. The van der Waals surface area contributed by atoms with Crippen LogP contribution in [-0.2, 0) is 0 Å². The van der Waals surface area contributed by atoms with E-state index < -0.39 is 5.66 Å². The largest absolute Gasteiger partial charge is 0.232 e. The lowest BCUT2D eigenvalue weighted by atomic mass is 9.74. The minimum atomic E-state index is -1.08. The number of hydrogen-bond acceptors (Lipinski definition) is 4. The van der Waals surface area contributed by atoms with Crippen molar-refractivity contribution < 1.29 is 0 Å². The van der Waals surface area contributed by atoms with Crippen LogP contribution in [0.25, 0.3) is 0 Å². The normalized spacial score (nSPS) is 23.3. The fraction of sp³-hybridized carbons (Fsp3) is 1.00. The first-order valence-corrected chi connectivity index (χ1v) is 3.45. The van der Waals surface area contributed by atoms with E-state index in [-0.39, 0.29) is 0 Å². The van der Waals surface area contributed by atoms with Crippen LogP contribution in [0.15, 0.2) is 10.4 Å². The van der Waals surface area contributed by atoms with Gasteiger partial charge in [-0.2, -0.15) is 0 Å². The predicted molar refractivity (Wildman–Crippen MR) is 37.3 cm³/mol. The van der Waals surface area contributed by atoms with E-state index in [1.54, 1.807) is 0 Å². The summed E-state index contributed by atoms with van der Waals surface area (Å²) in [4.78, 5) is 20.1. The summed E-state index contributed by atoms with van der Waals surface area (Å²) >= 11 is 0. The van der Waals surface area contributed by atoms with Crippen molar-refractivity contribution in [1.82, 2.24) is 0 Å². The summed E-state index contributed by atoms with van der Waals surface area (Å²) in [5.74, 6) is 0.482. The van der Waals surface area contributed by atoms with Gasteiger partial charge in [0.25, 0.3) is 0 Å². The Morgan fingerprint density at radius 1 is 1.40 bits per heavy atom. The third kappa shape index (κ3) is 0.936. The Kier molecular flexibility index (Phi) is 1.78. The molecule has 0 N–H and O–H groups in total. The molecule has 1 fully saturated rings. The van der Waals surface area contributed by atoms with E-state index in [1.165, 1.54) is 0 Å². The van der Waals surface area contributed by atoms with Crippen LogP contribution < -0.4 is 0 Å². The van der Waals surface area contributed by atoms with Crippen LogP contribution in [0, 0.1) is 15.7 Å². The van der Waals surface area contributed by atoms with Crippen molar-refractivity contribution in [3.63, 3.8) is 0 Å². The number of nitroso groups, excluding NO2 is 2. The quantitative estimate of drug-likeness (QED) is 0.566. The van der Waals surface area contributed by atoms with Crippen LogP contribution in [-0.4, -0.2) is 5.66 Å². The van der Waals surface area contributed by atoms with E-state index in [1.807, 2.05) is 6.92 Å². The van der Waals surface area contributed by atoms with Gasteiger partial charge in [-0.15, -0.1) is 9.81 Å². The van der Waals surface area contributed by atoms with Gasteiger partial charge in [0.1, 0.15) is 0 Å². The zero-order valence-electron chi connectivity index (χ0n) is 5.91. The molecule has 0 unspecified atom stereocenters. The Bertz CT molecular complexity index is 142. The monoisotopic (exact) mass is 142 g/mol. The minimum Gasteiger partial charge on any atom is -0.148 e. The molecule has 0 amide bonds. The van der Waals surface area contributed by atoms with Crippen LogP contribution >= 0.6 is 0 Å². The molecule has 0 heterocycles. The molecule has 0 bridgehead atoms. The van der Waals surface area contributed by atoms with E-state index in [0.29, 0.717) is 18.8 Å². The second-order valence-electron chi connectivity index (χ2n) is 2.85. The van der Waals surface area contributed by atoms with Crippen LogP contribution in [0.2, 0.25) is 0 Å². The third-order valence-electron chi connectivity index (χ3n) is 2.15. The molecule has 10 heavy (non-hydrogen) atoms. The fourth-order valence-corrected chi connectivity index (χ4v) is 1.32. The van der Waals surface area contributed by atoms with Gasteiger partial charge >= 0.3 is 0 Å². The molecule has 0 aromatic heterocycles. The standard InChI is InChI=1S/C6H10N2O2/c1-2-5-3-6(4-5,7-9)8-10/h5H,2-4H2,1H3. The van der Waals surface area contributed by atoms with Crippen LogP contribution in [0.3, 0.4) is 0 Å². The van der Waals surface area contributed by atoms with E-state index in [2.05, 4.69) is 10.4 Å². The molecule has 1 aliphatic carbocycles. The maximum Gasteiger partial charge on any atom is 0.232 e. The average Bonchev–Trinajstić information content (AvgIpc) is 1.89. The third-order valence-corrected chi connectivity index (χ3v) is 2.15. The summed E-state index contributed by atoms with van der Waals surface area (Å²) in [6.45, 7) is 2.03. The molecule has 1 rings (SSSR count). The maximum atomic E-state index is 10.1. The van der Waals surface area contributed by atoms with Gasteiger partial charge in [0.15, 0.2) is 0 Å². The zero-order chi connectivity index (χ0) is 7.61. The summed E-state index contributed by atoms with van der Waals surface area (Å²) in [5.41, 5.74) is -1.08. The highest BCUT2D eigenvalue weighted by atomic mass is 16.3. The van der Waals surface area contributed by atoms with Crippen molar-refractivity contribution in [3.8, 4) is 0 Å². The summed E-state index contributed by atoms with van der Waals surface area (Å²) in [6, 6.07) is 0. The Balaban J connectivity index is 2.45. The summed E-state index contributed by atoms with van der Waals surface area (Å²) in [5, 5.41) is 5.43. The van der Waals surface area contributed by atoms with Crippen molar-refractivity contribution in [2.45, 2.75) is 31.8 Å². The Labute approximate surface area is 58.9 Å². The molecule has 56 valence electrons. The van der Waals surface area contributed by atoms with Gasteiger partial charge in [0.05, 0.1) is 0 Å². The van der Waals surface area contributed by atoms with Gasteiger partial charge in [-0.05, 0) is 16.3 Å². The molecule has 0 aromatic rings. The Morgan fingerprint density at radius 2 is 1.90 bits per heavy atom. The summed E-state index contributed by atoms with van der Waals surface area (Å²) in [7, 11) is 0. The molecule has 0 saturated heterocycles. The lowest BCUT2D eigenvalue weighted by Gasteiger charge is -2.35. The molecule has 0 aliphatic heterocycles. The maximum absolute atomic E-state index is 10.1. The first kappa shape index (κ1) is 7.31. The van der Waals surface area contributed by atoms with Gasteiger partial charge in [0, 0.05) is 12.8 Å². The summed E-state index contributed by atoms with van der Waals surface area (Å²) < 4.78 is 0. The van der Waals surface area contributed by atoms with Crippen LogP contribution in [0.1, 0.15) is 26.2 Å². The molecular weight excluding hydrogens is 132 g/mol. The topological polar surface area (TPSA) is 58.9 Å². The molecule has 0 atom stereocenters. The lowest BCUT2D eigenvalue weighted by molar-refractivity contribution is 0.151. The molecule has 0 radical (unpaired) electrons. The second kappa shape index (κ2) is 2.44. The van der Waals surface area contributed by atoms with Crippen molar-refractivity contribution >= 4 is 0 Å². The summed E-state index contributed by atoms with van der Waals surface area (Å²) in [6.07, 6.45) is 2.11. The highest BCUT2D eigenvalue weighted by molar-refractivity contribution is 4.97. The smallest absolute Gasteiger partial charge is 0.148 e. The fourth-order valence-electron chi connectivity index (χ4n) is 1.32. The van der Waals surface area contributed by atoms with E-state index >= 15 is 0 Å². The van der Waals surface area contributed by atoms with Crippen molar-refractivity contribution in [3.05, 3.63) is 9.81 Å². The van der Waals surface area contributed by atoms with Gasteiger partial charge in [-0.25, -0.2) is 0 Å². The predicted octanol–water partition coefficient (Wildman–Crippen LogP) is 2.04. The van der Waals surface area contributed by atoms with Crippen molar-refractivity contribution in [2.24, 2.45) is 16.3 Å². The molecule has 4 heteroatoms.